The molecule has 62 heavy (non-hydrogen) atoms. The van der Waals surface area contributed by atoms with E-state index < -0.39 is 38.6 Å². The second-order valence-electron chi connectivity index (χ2n) is 16.9. The number of carbonyl (C=O) groups is 3. The van der Waals surface area contributed by atoms with Crippen LogP contribution in [0, 0.1) is 24.7 Å². The van der Waals surface area contributed by atoms with E-state index in [1.807, 2.05) is 117 Å². The summed E-state index contributed by atoms with van der Waals surface area (Å²) < 4.78 is 42.3. The number of phosphoric acid groups is 1. The van der Waals surface area contributed by atoms with Crippen LogP contribution in [-0.4, -0.2) is 44.0 Å². The van der Waals surface area contributed by atoms with Gasteiger partial charge in [-0.3, -0.25) is 23.2 Å². The topological polar surface area (TPSA) is 142 Å². The highest BCUT2D eigenvalue weighted by atomic mass is 31.2. The molecule has 0 spiro atoms. The Morgan fingerprint density at radius 3 is 1.87 bits per heavy atom. The Morgan fingerprint density at radius 1 is 0.742 bits per heavy atom. The van der Waals surface area contributed by atoms with Gasteiger partial charge in [-0.1, -0.05) is 119 Å². The van der Waals surface area contributed by atoms with Gasteiger partial charge in [-0.25, -0.2) is 9.36 Å². The maximum Gasteiger partial charge on any atom is 0.475 e. The van der Waals surface area contributed by atoms with Gasteiger partial charge in [0.2, 0.25) is 6.79 Å². The van der Waals surface area contributed by atoms with E-state index in [0.29, 0.717) is 55.3 Å². The van der Waals surface area contributed by atoms with Gasteiger partial charge in [-0.2, -0.15) is 0 Å². The zero-order valence-electron chi connectivity index (χ0n) is 37.0. The summed E-state index contributed by atoms with van der Waals surface area (Å²) in [5, 5.41) is 6.02. The molecule has 0 unspecified atom stereocenters. The molecule has 334 valence electrons. The molecular weight excluding hydrogens is 806 g/mol. The first kappa shape index (κ1) is 48.0. The molecule has 1 aliphatic rings. The van der Waals surface area contributed by atoms with Gasteiger partial charge in [0.05, 0.1) is 43.0 Å². The average molecular weight is 870 g/mol. The van der Waals surface area contributed by atoms with Gasteiger partial charge in [0.1, 0.15) is 0 Å². The predicted octanol–water partition coefficient (Wildman–Crippen LogP) is 11.8. The van der Waals surface area contributed by atoms with E-state index in [0.717, 1.165) is 41.0 Å². The van der Waals surface area contributed by atoms with E-state index in [-0.39, 0.29) is 31.6 Å². The van der Waals surface area contributed by atoms with Gasteiger partial charge in [0, 0.05) is 18.8 Å². The third kappa shape index (κ3) is 15.7. The van der Waals surface area contributed by atoms with Gasteiger partial charge in [-0.15, -0.1) is 0 Å². The molecule has 0 radical (unpaired) electrons. The molecule has 0 heterocycles. The summed E-state index contributed by atoms with van der Waals surface area (Å²) in [6.07, 6.45) is 2.02. The van der Waals surface area contributed by atoms with Gasteiger partial charge in [-0.05, 0) is 97.7 Å². The van der Waals surface area contributed by atoms with Crippen molar-refractivity contribution in [3.8, 4) is 0 Å². The lowest BCUT2D eigenvalue weighted by molar-refractivity contribution is -0.171. The number of rotatable bonds is 22. The van der Waals surface area contributed by atoms with Crippen LogP contribution < -0.4 is 15.5 Å². The number of ether oxygens (including phenoxy) is 2. The van der Waals surface area contributed by atoms with Crippen LogP contribution in [0.3, 0.4) is 0 Å². The SMILES string of the molecule is CC[C@@H](CC(=O)OCOC(=O)C1CCC(OP(=O)(OCc2ccccc2)OCc2ccccc2)CC1)c1ccc(N(CC(C)C)CC(C)C)c(NC(=O)Nc2ccc(C)cc2)c1. The first-order chi connectivity index (χ1) is 29.8. The van der Waals surface area contributed by atoms with Gasteiger partial charge in [0.25, 0.3) is 0 Å². The van der Waals surface area contributed by atoms with Gasteiger partial charge in [0.15, 0.2) is 0 Å². The van der Waals surface area contributed by atoms with Crippen LogP contribution >= 0.6 is 7.82 Å². The standard InChI is InChI=1S/C49H64N3O9P/c1-7-40(42-22-27-46(52(30-35(2)3)31-36(4)5)45(28-42)51-49(55)50-43-23-18-37(6)19-24-43)29-47(53)57-34-58-48(54)41-20-25-44(26-21-41)61-62(56,59-32-38-14-10-8-11-15-38)60-33-39-16-12-9-13-17-39/h8-19,22-24,27-28,35-36,40-41,44H,7,20-21,25-26,29-34H2,1-6H3,(H2,50,51,55)/t40-,41?,44?/m0/s1. The Bertz CT molecular complexity index is 2000. The molecule has 1 saturated carbocycles. The van der Waals surface area contributed by atoms with E-state index in [1.54, 1.807) is 0 Å². The van der Waals surface area contributed by atoms with Crippen molar-refractivity contribution in [1.82, 2.24) is 0 Å². The Morgan fingerprint density at radius 2 is 1.32 bits per heavy atom. The van der Waals surface area contributed by atoms with E-state index in [4.69, 9.17) is 23.0 Å². The first-order valence-corrected chi connectivity index (χ1v) is 23.3. The summed E-state index contributed by atoms with van der Waals surface area (Å²) in [5.74, 6) is -0.822. The molecular formula is C49H64N3O9P. The fourth-order valence-corrected chi connectivity index (χ4v) is 8.81. The molecule has 0 bridgehead atoms. The van der Waals surface area contributed by atoms with E-state index in [2.05, 4.69) is 43.2 Å². The molecule has 0 aliphatic heterocycles. The van der Waals surface area contributed by atoms with E-state index in [9.17, 15) is 18.9 Å². The number of esters is 2. The largest absolute Gasteiger partial charge is 0.475 e. The second kappa shape index (κ2) is 24.0. The molecule has 4 aromatic rings. The molecule has 12 nitrogen and oxygen atoms in total. The number of carbonyl (C=O) groups excluding carboxylic acids is 3. The normalized spacial score (nSPS) is 15.8. The number of amides is 2. The number of aryl methyl sites for hydroxylation is 1. The number of nitrogens with zero attached hydrogens (tertiary/aromatic N) is 1. The number of urea groups is 1. The summed E-state index contributed by atoms with van der Waals surface area (Å²) in [6.45, 7) is 13.9. The molecule has 1 fully saturated rings. The lowest BCUT2D eigenvalue weighted by Gasteiger charge is -2.31. The molecule has 4 aromatic carbocycles. The van der Waals surface area contributed by atoms with Gasteiger partial charge >= 0.3 is 25.8 Å². The van der Waals surface area contributed by atoms with Crippen molar-refractivity contribution in [2.24, 2.45) is 17.8 Å². The highest BCUT2D eigenvalue weighted by molar-refractivity contribution is 7.48. The average Bonchev–Trinajstić information content (AvgIpc) is 3.25. The smallest absolute Gasteiger partial charge is 0.428 e. The van der Waals surface area contributed by atoms with Crippen LogP contribution in [0.5, 0.6) is 0 Å². The lowest BCUT2D eigenvalue weighted by Crippen LogP contribution is -2.32. The summed E-state index contributed by atoms with van der Waals surface area (Å²) in [5.41, 5.74) is 5.87. The third-order valence-electron chi connectivity index (χ3n) is 10.6. The minimum Gasteiger partial charge on any atom is -0.428 e. The number of nitrogens with one attached hydrogen (secondary N) is 2. The zero-order chi connectivity index (χ0) is 44.5. The zero-order valence-corrected chi connectivity index (χ0v) is 37.9. The molecule has 2 N–H and O–H groups in total. The predicted molar refractivity (Wildman–Crippen MR) is 244 cm³/mol. The van der Waals surface area contributed by atoms with Crippen LogP contribution in [0.2, 0.25) is 0 Å². The molecule has 0 saturated heterocycles. The summed E-state index contributed by atoms with van der Waals surface area (Å²) in [7, 11) is -3.97. The Balaban J connectivity index is 1.14. The minimum atomic E-state index is -3.97. The van der Waals surface area contributed by atoms with Crippen molar-refractivity contribution in [2.45, 2.75) is 105 Å². The second-order valence-corrected chi connectivity index (χ2v) is 18.5. The fourth-order valence-electron chi connectivity index (χ4n) is 7.43. The fraction of sp³-hybridized carbons (Fsp3) is 0.449. The minimum absolute atomic E-state index is 0.0557. The van der Waals surface area contributed by atoms with E-state index in [1.165, 1.54) is 0 Å². The van der Waals surface area contributed by atoms with Crippen molar-refractivity contribution < 1.29 is 42.0 Å². The molecule has 1 aliphatic carbocycles. The number of hydrogen-bond donors (Lipinski definition) is 2. The van der Waals surface area contributed by atoms with E-state index >= 15 is 0 Å². The monoisotopic (exact) mass is 869 g/mol. The van der Waals surface area contributed by atoms with Crippen molar-refractivity contribution in [1.29, 1.82) is 0 Å². The first-order valence-electron chi connectivity index (χ1n) is 21.8. The van der Waals surface area contributed by atoms with Crippen LogP contribution in [0.1, 0.15) is 101 Å². The molecule has 13 heteroatoms. The Hall–Kier alpha value is -5.00. The van der Waals surface area contributed by atoms with Gasteiger partial charge < -0.3 is 25.0 Å². The van der Waals surface area contributed by atoms with Crippen LogP contribution in [0.15, 0.2) is 103 Å². The third-order valence-corrected chi connectivity index (χ3v) is 12.1. The molecule has 0 aromatic heterocycles. The lowest BCUT2D eigenvalue weighted by atomic mass is 9.88. The Kier molecular flexibility index (Phi) is 18.6. The Labute approximate surface area is 367 Å². The molecule has 1 atom stereocenters. The maximum atomic E-state index is 13.8. The van der Waals surface area contributed by atoms with Crippen LogP contribution in [0.4, 0.5) is 21.9 Å². The number of phosphoric ester groups is 1. The molecule has 5 rings (SSSR count). The van der Waals surface area contributed by atoms with Crippen molar-refractivity contribution >= 4 is 42.9 Å². The maximum absolute atomic E-state index is 13.8. The molecule has 2 amide bonds. The van der Waals surface area contributed by atoms with Crippen molar-refractivity contribution in [2.75, 3.05) is 35.4 Å². The quantitative estimate of drug-likeness (QED) is 0.0445. The summed E-state index contributed by atoms with van der Waals surface area (Å²) in [6, 6.07) is 32.0. The summed E-state index contributed by atoms with van der Waals surface area (Å²) >= 11 is 0. The number of anilines is 3. The highest BCUT2D eigenvalue weighted by Gasteiger charge is 2.35. The van der Waals surface area contributed by atoms with Crippen LogP contribution in [-0.2, 0) is 50.4 Å². The highest BCUT2D eigenvalue weighted by Crippen LogP contribution is 2.53. The van der Waals surface area contributed by atoms with Crippen LogP contribution in [0.25, 0.3) is 0 Å². The number of benzene rings is 4. The van der Waals surface area contributed by atoms with Crippen molar-refractivity contribution in [3.05, 3.63) is 125 Å². The summed E-state index contributed by atoms with van der Waals surface area (Å²) in [4.78, 5) is 41.8. The van der Waals surface area contributed by atoms with Crippen molar-refractivity contribution in [3.63, 3.8) is 0 Å². The number of hydrogen-bond acceptors (Lipinski definition) is 10.